The minimum absolute atomic E-state index is 0.0316. The van der Waals surface area contributed by atoms with Gasteiger partial charge in [0.2, 0.25) is 0 Å². The van der Waals surface area contributed by atoms with Crippen LogP contribution in [0.4, 0.5) is 0 Å². The summed E-state index contributed by atoms with van der Waals surface area (Å²) in [6, 6.07) is 7.85. The Kier molecular flexibility index (Phi) is 6.08. The molecule has 0 radical (unpaired) electrons. The van der Waals surface area contributed by atoms with Crippen LogP contribution < -0.4 is 15.3 Å². The molecule has 1 aromatic carbocycles. The van der Waals surface area contributed by atoms with Gasteiger partial charge in [0.1, 0.15) is 5.75 Å². The number of carbonyl (C=O) groups excluding carboxylic acids is 1. The lowest BCUT2D eigenvalue weighted by atomic mass is 9.99. The SMILES string of the molecule is C=c1[nH]c2ccc(OC(=O)C(CCC)CCC)cc2/c1=C/c1[nH]c(C)cc1C. The van der Waals surface area contributed by atoms with Crippen molar-refractivity contribution < 1.29 is 9.53 Å². The van der Waals surface area contributed by atoms with Gasteiger partial charge in [-0.05, 0) is 62.6 Å². The van der Waals surface area contributed by atoms with Crippen LogP contribution >= 0.6 is 0 Å². The minimum atomic E-state index is -0.130. The van der Waals surface area contributed by atoms with E-state index in [4.69, 9.17) is 4.74 Å². The Bertz CT molecular complexity index is 1080. The highest BCUT2D eigenvalue weighted by Crippen LogP contribution is 2.21. The van der Waals surface area contributed by atoms with Gasteiger partial charge >= 0.3 is 5.97 Å². The van der Waals surface area contributed by atoms with Crippen molar-refractivity contribution in [1.82, 2.24) is 9.97 Å². The third-order valence-corrected chi connectivity index (χ3v) is 5.20. The predicted octanol–water partition coefficient (Wildman–Crippen LogP) is 4.47. The highest BCUT2D eigenvalue weighted by Gasteiger charge is 2.19. The molecule has 0 saturated heterocycles. The predicted molar refractivity (Wildman–Crippen MR) is 116 cm³/mol. The largest absolute Gasteiger partial charge is 0.426 e. The molecule has 0 unspecified atom stereocenters. The van der Waals surface area contributed by atoms with Crippen LogP contribution in [-0.2, 0) is 4.79 Å². The second kappa shape index (κ2) is 8.51. The highest BCUT2D eigenvalue weighted by atomic mass is 16.5. The van der Waals surface area contributed by atoms with E-state index >= 15 is 0 Å². The third-order valence-electron chi connectivity index (χ3n) is 5.20. The van der Waals surface area contributed by atoms with E-state index < -0.39 is 0 Å². The van der Waals surface area contributed by atoms with E-state index in [0.29, 0.717) is 5.75 Å². The van der Waals surface area contributed by atoms with Gasteiger partial charge in [-0.2, -0.15) is 0 Å². The van der Waals surface area contributed by atoms with Crippen LogP contribution in [0.15, 0.2) is 24.3 Å². The van der Waals surface area contributed by atoms with E-state index in [1.807, 2.05) is 25.1 Å². The summed E-state index contributed by atoms with van der Waals surface area (Å²) in [6.45, 7) is 12.5. The molecular weight excluding hydrogens is 348 g/mol. The number of rotatable bonds is 7. The van der Waals surface area contributed by atoms with E-state index in [9.17, 15) is 4.79 Å². The first kappa shape index (κ1) is 20.0. The van der Waals surface area contributed by atoms with E-state index in [2.05, 4.69) is 49.5 Å². The number of ether oxygens (including phenoxy) is 1. The molecule has 0 saturated carbocycles. The van der Waals surface area contributed by atoms with Gasteiger partial charge in [0, 0.05) is 32.9 Å². The summed E-state index contributed by atoms with van der Waals surface area (Å²) in [4.78, 5) is 19.3. The van der Waals surface area contributed by atoms with E-state index in [-0.39, 0.29) is 11.9 Å². The molecule has 0 atom stereocenters. The Morgan fingerprint density at radius 3 is 2.46 bits per heavy atom. The first-order chi connectivity index (χ1) is 13.4. The normalized spacial score (nSPS) is 12.2. The standard InChI is InChI=1S/C24H30N2O2/c1-6-8-18(9-7-2)24(27)28-19-10-11-22-21(13-19)20(17(5)26-22)14-23-15(3)12-16(4)25-23/h10-14,18,25-26H,5-9H2,1-4H3/b20-14+. The maximum absolute atomic E-state index is 12.6. The molecule has 0 fully saturated rings. The molecule has 3 aromatic rings. The number of aromatic amines is 2. The summed E-state index contributed by atoms with van der Waals surface area (Å²) < 4.78 is 5.74. The Labute approximate surface area is 166 Å². The highest BCUT2D eigenvalue weighted by molar-refractivity contribution is 5.85. The lowest BCUT2D eigenvalue weighted by Crippen LogP contribution is -2.21. The van der Waals surface area contributed by atoms with Crippen LogP contribution in [0, 0.1) is 19.8 Å². The average Bonchev–Trinajstić information content (AvgIpc) is 3.13. The molecule has 0 aliphatic carbocycles. The zero-order valence-electron chi connectivity index (χ0n) is 17.3. The first-order valence-corrected chi connectivity index (χ1v) is 10.1. The molecule has 3 rings (SSSR count). The fourth-order valence-corrected chi connectivity index (χ4v) is 3.80. The molecule has 28 heavy (non-hydrogen) atoms. The number of hydrogen-bond donors (Lipinski definition) is 2. The van der Waals surface area contributed by atoms with Crippen molar-refractivity contribution in [2.45, 2.75) is 53.4 Å². The molecule has 0 aliphatic rings. The summed E-state index contributed by atoms with van der Waals surface area (Å²) >= 11 is 0. The number of hydrogen-bond acceptors (Lipinski definition) is 2. The monoisotopic (exact) mass is 378 g/mol. The number of esters is 1. The fraction of sp³-hybridized carbons (Fsp3) is 0.375. The quantitative estimate of drug-likeness (QED) is 0.471. The van der Waals surface area contributed by atoms with Crippen molar-refractivity contribution in [3.8, 4) is 5.75 Å². The molecule has 0 aliphatic heterocycles. The molecule has 0 spiro atoms. The van der Waals surface area contributed by atoms with Gasteiger partial charge in [-0.3, -0.25) is 4.79 Å². The second-order valence-electron chi connectivity index (χ2n) is 7.61. The molecule has 4 heteroatoms. The topological polar surface area (TPSA) is 57.9 Å². The third kappa shape index (κ3) is 4.22. The van der Waals surface area contributed by atoms with Crippen LogP contribution in [0.3, 0.4) is 0 Å². The summed E-state index contributed by atoms with van der Waals surface area (Å²) in [7, 11) is 0. The summed E-state index contributed by atoms with van der Waals surface area (Å²) in [6.07, 6.45) is 5.80. The number of nitrogens with one attached hydrogen (secondary N) is 2. The van der Waals surface area contributed by atoms with Gasteiger partial charge in [0.05, 0.1) is 5.92 Å². The van der Waals surface area contributed by atoms with Crippen LogP contribution in [0.25, 0.3) is 23.6 Å². The van der Waals surface area contributed by atoms with Crippen molar-refractivity contribution in [1.29, 1.82) is 0 Å². The lowest BCUT2D eigenvalue weighted by molar-refractivity contribution is -0.139. The number of aryl methyl sites for hydroxylation is 2. The maximum atomic E-state index is 12.6. The Morgan fingerprint density at radius 1 is 1.14 bits per heavy atom. The second-order valence-corrected chi connectivity index (χ2v) is 7.61. The first-order valence-electron chi connectivity index (χ1n) is 10.1. The zero-order valence-corrected chi connectivity index (χ0v) is 17.3. The van der Waals surface area contributed by atoms with E-state index in [0.717, 1.165) is 58.5 Å². The van der Waals surface area contributed by atoms with Crippen LogP contribution in [0.5, 0.6) is 5.75 Å². The van der Waals surface area contributed by atoms with E-state index in [1.165, 1.54) is 5.56 Å². The smallest absolute Gasteiger partial charge is 0.314 e. The van der Waals surface area contributed by atoms with Gasteiger partial charge in [-0.1, -0.05) is 33.3 Å². The Morgan fingerprint density at radius 2 is 1.86 bits per heavy atom. The lowest BCUT2D eigenvalue weighted by Gasteiger charge is -2.14. The summed E-state index contributed by atoms with van der Waals surface area (Å²) in [5, 5.41) is 2.86. The Balaban J connectivity index is 1.98. The van der Waals surface area contributed by atoms with Gasteiger partial charge in [0.25, 0.3) is 0 Å². The number of aromatic nitrogens is 2. The van der Waals surface area contributed by atoms with Crippen LogP contribution in [0.1, 0.15) is 56.5 Å². The molecule has 148 valence electrons. The number of benzene rings is 1. The molecule has 4 nitrogen and oxygen atoms in total. The van der Waals surface area contributed by atoms with Crippen molar-refractivity contribution >= 4 is 29.5 Å². The Hall–Kier alpha value is -2.75. The summed E-state index contributed by atoms with van der Waals surface area (Å²) in [5.74, 6) is 0.424. The van der Waals surface area contributed by atoms with Crippen molar-refractivity contribution in [3.63, 3.8) is 0 Å². The van der Waals surface area contributed by atoms with Crippen molar-refractivity contribution in [2.24, 2.45) is 5.92 Å². The number of fused-ring (bicyclic) bond motifs is 1. The molecule has 2 aromatic heterocycles. The van der Waals surface area contributed by atoms with Crippen LogP contribution in [0.2, 0.25) is 0 Å². The van der Waals surface area contributed by atoms with E-state index in [1.54, 1.807) is 0 Å². The number of H-pyrrole nitrogens is 2. The fourth-order valence-electron chi connectivity index (χ4n) is 3.80. The average molecular weight is 379 g/mol. The van der Waals surface area contributed by atoms with Gasteiger partial charge in [-0.25, -0.2) is 0 Å². The molecule has 0 bridgehead atoms. The van der Waals surface area contributed by atoms with Crippen molar-refractivity contribution in [3.05, 3.63) is 51.8 Å². The van der Waals surface area contributed by atoms with Gasteiger partial charge in [0.15, 0.2) is 0 Å². The van der Waals surface area contributed by atoms with Gasteiger partial charge < -0.3 is 14.7 Å². The van der Waals surface area contributed by atoms with Crippen LogP contribution in [-0.4, -0.2) is 15.9 Å². The maximum Gasteiger partial charge on any atom is 0.314 e. The van der Waals surface area contributed by atoms with Crippen molar-refractivity contribution in [2.75, 3.05) is 0 Å². The summed E-state index contributed by atoms with van der Waals surface area (Å²) in [5.41, 5.74) is 4.37. The molecule has 0 amide bonds. The molecule has 2 N–H and O–H groups in total. The molecule has 2 heterocycles. The molecular formula is C24H30N2O2. The zero-order chi connectivity index (χ0) is 20.3. The minimum Gasteiger partial charge on any atom is -0.426 e. The number of carbonyl (C=O) groups is 1. The van der Waals surface area contributed by atoms with Gasteiger partial charge in [-0.15, -0.1) is 0 Å².